The van der Waals surface area contributed by atoms with Gasteiger partial charge >= 0.3 is 0 Å². The minimum atomic E-state index is -0.881. The van der Waals surface area contributed by atoms with Gasteiger partial charge in [0.05, 0.1) is 12.1 Å². The van der Waals surface area contributed by atoms with E-state index in [1.165, 1.54) is 4.90 Å². The Kier molecular flexibility index (Phi) is 5.01. The zero-order chi connectivity index (χ0) is 19.1. The molecule has 0 saturated heterocycles. The molecule has 1 aliphatic rings. The van der Waals surface area contributed by atoms with E-state index in [1.807, 2.05) is 0 Å². The van der Waals surface area contributed by atoms with Gasteiger partial charge in [0, 0.05) is 19.7 Å². The Morgan fingerprint density at radius 3 is 2.81 bits per heavy atom. The van der Waals surface area contributed by atoms with Crippen molar-refractivity contribution in [2.24, 2.45) is 10.7 Å². The summed E-state index contributed by atoms with van der Waals surface area (Å²) in [7, 11) is 1.58. The molecule has 0 saturated carbocycles. The molecule has 3 heterocycles. The van der Waals surface area contributed by atoms with Gasteiger partial charge < -0.3 is 5.73 Å². The maximum absolute atomic E-state index is 12.4. The molecule has 1 atom stereocenters. The van der Waals surface area contributed by atoms with Crippen LogP contribution in [0.1, 0.15) is 35.1 Å². The molecule has 1 unspecified atom stereocenters. The van der Waals surface area contributed by atoms with Crippen molar-refractivity contribution in [3.8, 4) is 0 Å². The normalized spacial score (nSPS) is 20.2. The van der Waals surface area contributed by atoms with Crippen LogP contribution in [0.3, 0.4) is 0 Å². The maximum atomic E-state index is 12.4. The van der Waals surface area contributed by atoms with Crippen molar-refractivity contribution >= 4 is 52.4 Å². The van der Waals surface area contributed by atoms with Gasteiger partial charge in [0.2, 0.25) is 5.91 Å². The lowest BCUT2D eigenvalue weighted by molar-refractivity contribution is -0.128. The number of hydrogen-bond donors (Lipinski definition) is 1. The third kappa shape index (κ3) is 3.44. The largest absolute Gasteiger partial charge is 0.369 e. The standard InChI is InChI=1S/C16H15Cl2N5O2S/c1-16(7-11(25)23(2)15(19)21-16)10-6-8(3-4-20-10)5-9(24)13-12(17)14(18)26-22-13/h3-4,6H,5,7H2,1-2H3,(H2,19,21). The smallest absolute Gasteiger partial charge is 0.231 e. The highest BCUT2D eigenvalue weighted by molar-refractivity contribution is 7.11. The number of halogens is 2. The van der Waals surface area contributed by atoms with Gasteiger partial charge in [0.25, 0.3) is 0 Å². The highest BCUT2D eigenvalue weighted by atomic mass is 35.5. The lowest BCUT2D eigenvalue weighted by Crippen LogP contribution is -2.47. The molecule has 136 valence electrons. The van der Waals surface area contributed by atoms with E-state index in [4.69, 9.17) is 28.9 Å². The van der Waals surface area contributed by atoms with Gasteiger partial charge in [0.15, 0.2) is 11.7 Å². The van der Waals surface area contributed by atoms with Crippen LogP contribution >= 0.6 is 34.7 Å². The number of aliphatic imine (C=N–C) groups is 1. The third-order valence-electron chi connectivity index (χ3n) is 4.18. The molecule has 3 rings (SSSR count). The molecule has 26 heavy (non-hydrogen) atoms. The number of nitrogens with zero attached hydrogens (tertiary/aromatic N) is 4. The Morgan fingerprint density at radius 2 is 2.19 bits per heavy atom. The lowest BCUT2D eigenvalue weighted by Gasteiger charge is -2.32. The molecule has 2 aromatic heterocycles. The number of amides is 1. The van der Waals surface area contributed by atoms with Crippen molar-refractivity contribution in [2.45, 2.75) is 25.3 Å². The lowest BCUT2D eigenvalue weighted by atomic mass is 9.90. The van der Waals surface area contributed by atoms with Gasteiger partial charge in [-0.1, -0.05) is 23.2 Å². The molecule has 7 nitrogen and oxygen atoms in total. The van der Waals surface area contributed by atoms with Crippen molar-refractivity contribution in [1.82, 2.24) is 14.3 Å². The first-order valence-electron chi connectivity index (χ1n) is 7.62. The van der Waals surface area contributed by atoms with Crippen molar-refractivity contribution in [3.05, 3.63) is 44.6 Å². The summed E-state index contributed by atoms with van der Waals surface area (Å²) >= 11 is 12.8. The van der Waals surface area contributed by atoms with Crippen molar-refractivity contribution in [3.63, 3.8) is 0 Å². The van der Waals surface area contributed by atoms with Crippen LogP contribution in [0.4, 0.5) is 0 Å². The minimum Gasteiger partial charge on any atom is -0.369 e. The summed E-state index contributed by atoms with van der Waals surface area (Å²) in [6.45, 7) is 1.79. The quantitative estimate of drug-likeness (QED) is 0.778. The van der Waals surface area contributed by atoms with Gasteiger partial charge in [0.1, 0.15) is 20.6 Å². The third-order valence-corrected chi connectivity index (χ3v) is 5.79. The fourth-order valence-electron chi connectivity index (χ4n) is 2.64. The topological polar surface area (TPSA) is 102 Å². The van der Waals surface area contributed by atoms with Crippen molar-refractivity contribution < 1.29 is 9.59 Å². The van der Waals surface area contributed by atoms with Crippen LogP contribution < -0.4 is 5.73 Å². The summed E-state index contributed by atoms with van der Waals surface area (Å²) in [5.41, 5.74) is 6.38. The van der Waals surface area contributed by atoms with E-state index in [1.54, 1.807) is 32.3 Å². The number of carbonyl (C=O) groups excluding carboxylic acids is 2. The predicted molar refractivity (Wildman–Crippen MR) is 101 cm³/mol. The maximum Gasteiger partial charge on any atom is 0.231 e. The Bertz CT molecular complexity index is 929. The molecule has 0 aliphatic carbocycles. The van der Waals surface area contributed by atoms with E-state index in [0.717, 1.165) is 11.5 Å². The van der Waals surface area contributed by atoms with E-state index < -0.39 is 5.54 Å². The molecule has 1 aliphatic heterocycles. The molecule has 0 bridgehead atoms. The number of guanidine groups is 1. The second-order valence-corrected chi connectivity index (χ2v) is 7.89. The minimum absolute atomic E-state index is 0.0818. The number of aromatic nitrogens is 2. The number of pyridine rings is 1. The van der Waals surface area contributed by atoms with Crippen LogP contribution in [0.25, 0.3) is 0 Å². The van der Waals surface area contributed by atoms with Gasteiger partial charge in [-0.25, -0.2) is 4.99 Å². The Labute approximate surface area is 164 Å². The molecule has 0 spiro atoms. The van der Waals surface area contributed by atoms with Crippen molar-refractivity contribution in [1.29, 1.82) is 0 Å². The Balaban J connectivity index is 1.88. The van der Waals surface area contributed by atoms with Crippen LogP contribution in [-0.2, 0) is 16.8 Å². The van der Waals surface area contributed by atoms with E-state index in [0.29, 0.717) is 11.3 Å². The number of ketones is 1. The van der Waals surface area contributed by atoms with Gasteiger partial charge in [-0.2, -0.15) is 4.37 Å². The number of rotatable bonds is 4. The number of Topliss-reactive ketones (excluding diaryl/α,β-unsaturated/α-hetero) is 1. The fourth-order valence-corrected chi connectivity index (χ4v) is 3.67. The summed E-state index contributed by atoms with van der Waals surface area (Å²) < 4.78 is 4.27. The van der Waals surface area contributed by atoms with Crippen LogP contribution in [0, 0.1) is 0 Å². The summed E-state index contributed by atoms with van der Waals surface area (Å²) in [5, 5.41) is 0.168. The Hall–Kier alpha value is -2.03. The predicted octanol–water partition coefficient (Wildman–Crippen LogP) is 2.66. The monoisotopic (exact) mass is 411 g/mol. The van der Waals surface area contributed by atoms with E-state index >= 15 is 0 Å². The average molecular weight is 412 g/mol. The molecule has 0 aromatic carbocycles. The number of nitrogens with two attached hydrogens (primary N) is 1. The highest BCUT2D eigenvalue weighted by Crippen LogP contribution is 2.33. The van der Waals surface area contributed by atoms with Gasteiger partial charge in [-0.15, -0.1) is 0 Å². The molecular formula is C16H15Cl2N5O2S. The molecule has 1 amide bonds. The zero-order valence-electron chi connectivity index (χ0n) is 14.0. The molecule has 2 aromatic rings. The average Bonchev–Trinajstić information content (AvgIpc) is 2.92. The molecule has 2 N–H and O–H groups in total. The first kappa shape index (κ1) is 18.8. The van der Waals surface area contributed by atoms with Crippen LogP contribution in [-0.4, -0.2) is 39.0 Å². The van der Waals surface area contributed by atoms with Crippen LogP contribution in [0.5, 0.6) is 0 Å². The van der Waals surface area contributed by atoms with Crippen molar-refractivity contribution in [2.75, 3.05) is 7.05 Å². The fraction of sp³-hybridized carbons (Fsp3) is 0.312. The highest BCUT2D eigenvalue weighted by Gasteiger charge is 2.37. The molecular weight excluding hydrogens is 397 g/mol. The summed E-state index contributed by atoms with van der Waals surface area (Å²) in [4.78, 5) is 34.6. The van der Waals surface area contributed by atoms with E-state index in [2.05, 4.69) is 14.3 Å². The number of hydrogen-bond acceptors (Lipinski definition) is 7. The van der Waals surface area contributed by atoms with E-state index in [-0.39, 0.29) is 45.5 Å². The van der Waals surface area contributed by atoms with E-state index in [9.17, 15) is 9.59 Å². The number of carbonyl (C=O) groups is 2. The van der Waals surface area contributed by atoms with Crippen LogP contribution in [0.15, 0.2) is 23.3 Å². The summed E-state index contributed by atoms with van der Waals surface area (Å²) in [6, 6.07) is 3.46. The van der Waals surface area contributed by atoms with Gasteiger partial charge in [-0.05, 0) is 36.2 Å². The van der Waals surface area contributed by atoms with Crippen LogP contribution in [0.2, 0.25) is 9.36 Å². The first-order chi connectivity index (χ1) is 12.2. The SMILES string of the molecule is CN1C(=O)CC(C)(c2cc(CC(=O)c3nsc(Cl)c3Cl)ccn2)N=C1N. The summed E-state index contributed by atoms with van der Waals surface area (Å²) in [6.07, 6.45) is 1.80. The second kappa shape index (κ2) is 6.94. The second-order valence-electron chi connectivity index (χ2n) is 6.14. The summed E-state index contributed by atoms with van der Waals surface area (Å²) in [5.74, 6) is -0.258. The van der Waals surface area contributed by atoms with Gasteiger partial charge in [-0.3, -0.25) is 19.5 Å². The molecule has 0 fully saturated rings. The zero-order valence-corrected chi connectivity index (χ0v) is 16.3. The molecule has 10 heteroatoms. The molecule has 0 radical (unpaired) electrons. The Morgan fingerprint density at radius 1 is 1.46 bits per heavy atom. The first-order valence-corrected chi connectivity index (χ1v) is 9.15.